The number of amides is 1. The van der Waals surface area contributed by atoms with E-state index in [1.807, 2.05) is 0 Å². The fourth-order valence-corrected chi connectivity index (χ4v) is 2.30. The van der Waals surface area contributed by atoms with Crippen LogP contribution in [0.5, 0.6) is 0 Å². The summed E-state index contributed by atoms with van der Waals surface area (Å²) in [6.45, 7) is 4.65. The van der Waals surface area contributed by atoms with Crippen LogP contribution in [0.3, 0.4) is 0 Å². The van der Waals surface area contributed by atoms with Crippen molar-refractivity contribution >= 4 is 18.3 Å². The minimum Gasteiger partial charge on any atom is -0.351 e. The molecule has 106 valence electrons. The molecule has 1 atom stereocenters. The molecule has 0 saturated carbocycles. The lowest BCUT2D eigenvalue weighted by atomic mass is 9.83. The van der Waals surface area contributed by atoms with E-state index in [2.05, 4.69) is 17.6 Å². The van der Waals surface area contributed by atoms with Gasteiger partial charge in [-0.05, 0) is 36.9 Å². The maximum absolute atomic E-state index is 13.4. The van der Waals surface area contributed by atoms with Crippen LogP contribution in [0.2, 0.25) is 0 Å². The summed E-state index contributed by atoms with van der Waals surface area (Å²) in [5.74, 6) is -0.804. The zero-order chi connectivity index (χ0) is 13.0. The minimum atomic E-state index is -0.470. The van der Waals surface area contributed by atoms with Crippen LogP contribution in [0.25, 0.3) is 0 Å². The van der Waals surface area contributed by atoms with Gasteiger partial charge in [-0.2, -0.15) is 0 Å². The number of carbonyl (C=O) groups is 1. The molecule has 1 saturated heterocycles. The van der Waals surface area contributed by atoms with Crippen LogP contribution in [0.4, 0.5) is 4.39 Å². The predicted molar refractivity (Wildman–Crippen MR) is 76.2 cm³/mol. The van der Waals surface area contributed by atoms with E-state index in [-0.39, 0.29) is 29.3 Å². The average molecular weight is 287 g/mol. The normalized spacial score (nSPS) is 22.4. The molecule has 1 amide bonds. The lowest BCUT2D eigenvalue weighted by molar-refractivity contribution is 0.0920. The molecule has 0 aromatic heterocycles. The van der Waals surface area contributed by atoms with Crippen molar-refractivity contribution < 1.29 is 9.18 Å². The molecule has 1 aromatic carbocycles. The Kier molecular flexibility index (Phi) is 5.76. The Morgan fingerprint density at radius 3 is 2.84 bits per heavy atom. The minimum absolute atomic E-state index is 0. The summed E-state index contributed by atoms with van der Waals surface area (Å²) in [6, 6.07) is 6.06. The van der Waals surface area contributed by atoms with E-state index < -0.39 is 5.82 Å². The van der Waals surface area contributed by atoms with Gasteiger partial charge in [-0.3, -0.25) is 4.79 Å². The third kappa shape index (κ3) is 4.18. The topological polar surface area (TPSA) is 41.1 Å². The first-order valence-electron chi connectivity index (χ1n) is 6.34. The molecule has 1 heterocycles. The second-order valence-electron chi connectivity index (χ2n) is 5.25. The van der Waals surface area contributed by atoms with Gasteiger partial charge in [0.25, 0.3) is 5.91 Å². The Hall–Kier alpha value is -1.13. The van der Waals surface area contributed by atoms with Gasteiger partial charge in [0.2, 0.25) is 0 Å². The Labute approximate surface area is 119 Å². The van der Waals surface area contributed by atoms with Crippen molar-refractivity contribution in [2.24, 2.45) is 5.41 Å². The largest absolute Gasteiger partial charge is 0.351 e. The number of rotatable bonds is 3. The van der Waals surface area contributed by atoms with Crippen LogP contribution in [0.15, 0.2) is 24.3 Å². The smallest absolute Gasteiger partial charge is 0.254 e. The van der Waals surface area contributed by atoms with Gasteiger partial charge in [0.15, 0.2) is 0 Å². The Morgan fingerprint density at radius 1 is 1.47 bits per heavy atom. The van der Waals surface area contributed by atoms with Gasteiger partial charge in [0.1, 0.15) is 5.82 Å². The first kappa shape index (κ1) is 15.9. The first-order chi connectivity index (χ1) is 8.61. The van der Waals surface area contributed by atoms with Gasteiger partial charge >= 0.3 is 0 Å². The highest BCUT2D eigenvalue weighted by molar-refractivity contribution is 5.94. The molecular weight excluding hydrogens is 267 g/mol. The Bertz CT molecular complexity index is 433. The summed E-state index contributed by atoms with van der Waals surface area (Å²) in [6.07, 6.45) is 2.20. The number of hydrogen-bond acceptors (Lipinski definition) is 2. The highest BCUT2D eigenvalue weighted by atomic mass is 35.5. The molecule has 19 heavy (non-hydrogen) atoms. The van der Waals surface area contributed by atoms with E-state index in [4.69, 9.17) is 0 Å². The molecular formula is C14H20ClFN2O. The number of piperidine rings is 1. The summed E-state index contributed by atoms with van der Waals surface area (Å²) in [5, 5.41) is 6.16. The van der Waals surface area contributed by atoms with E-state index >= 15 is 0 Å². The second-order valence-corrected chi connectivity index (χ2v) is 5.25. The van der Waals surface area contributed by atoms with Crippen molar-refractivity contribution in [3.8, 4) is 0 Å². The van der Waals surface area contributed by atoms with Crippen LogP contribution >= 0.6 is 12.4 Å². The van der Waals surface area contributed by atoms with Crippen molar-refractivity contribution in [1.29, 1.82) is 0 Å². The summed E-state index contributed by atoms with van der Waals surface area (Å²) in [7, 11) is 0. The summed E-state index contributed by atoms with van der Waals surface area (Å²) < 4.78 is 13.4. The van der Waals surface area contributed by atoms with Crippen LogP contribution in [0, 0.1) is 11.2 Å². The van der Waals surface area contributed by atoms with Crippen LogP contribution < -0.4 is 10.6 Å². The third-order valence-electron chi connectivity index (χ3n) is 3.48. The van der Waals surface area contributed by atoms with E-state index in [9.17, 15) is 9.18 Å². The first-order valence-corrected chi connectivity index (χ1v) is 6.34. The average Bonchev–Trinajstić information content (AvgIpc) is 2.38. The molecule has 1 fully saturated rings. The van der Waals surface area contributed by atoms with Crippen molar-refractivity contribution in [3.05, 3.63) is 35.6 Å². The van der Waals surface area contributed by atoms with Gasteiger partial charge in [-0.25, -0.2) is 4.39 Å². The van der Waals surface area contributed by atoms with Crippen LogP contribution in [-0.4, -0.2) is 25.5 Å². The maximum Gasteiger partial charge on any atom is 0.254 e. The molecule has 2 rings (SSSR count). The second kappa shape index (κ2) is 6.87. The Morgan fingerprint density at radius 2 is 2.21 bits per heavy atom. The van der Waals surface area contributed by atoms with Gasteiger partial charge in [0.05, 0.1) is 5.56 Å². The molecule has 1 aromatic rings. The zero-order valence-electron chi connectivity index (χ0n) is 11.0. The highest BCUT2D eigenvalue weighted by Crippen LogP contribution is 2.24. The van der Waals surface area contributed by atoms with Gasteiger partial charge in [0, 0.05) is 13.1 Å². The lowest BCUT2D eigenvalue weighted by Gasteiger charge is -2.34. The highest BCUT2D eigenvalue weighted by Gasteiger charge is 2.27. The Balaban J connectivity index is 0.00000180. The van der Waals surface area contributed by atoms with E-state index in [1.54, 1.807) is 12.1 Å². The molecule has 0 bridgehead atoms. The number of carbonyl (C=O) groups excluding carboxylic acids is 1. The molecule has 0 radical (unpaired) electrons. The summed E-state index contributed by atoms with van der Waals surface area (Å²) in [4.78, 5) is 11.9. The fraction of sp³-hybridized carbons (Fsp3) is 0.500. The SMILES string of the molecule is CC1(CNC(=O)c2ccccc2F)CCCNC1.Cl. The van der Waals surface area contributed by atoms with Gasteiger partial charge in [-0.1, -0.05) is 19.1 Å². The van der Waals surface area contributed by atoms with Crippen molar-refractivity contribution in [2.75, 3.05) is 19.6 Å². The molecule has 2 N–H and O–H groups in total. The third-order valence-corrected chi connectivity index (χ3v) is 3.48. The standard InChI is InChI=1S/C14H19FN2O.ClH/c1-14(7-4-8-16-9-14)10-17-13(18)11-5-2-3-6-12(11)15;/h2-3,5-6,16H,4,7-10H2,1H3,(H,17,18);1H. The van der Waals surface area contributed by atoms with Crippen molar-refractivity contribution in [3.63, 3.8) is 0 Å². The number of nitrogens with one attached hydrogen (secondary N) is 2. The van der Waals surface area contributed by atoms with E-state index in [1.165, 1.54) is 12.1 Å². The lowest BCUT2D eigenvalue weighted by Crippen LogP contribution is -2.45. The van der Waals surface area contributed by atoms with Crippen LogP contribution in [0.1, 0.15) is 30.1 Å². The molecule has 1 unspecified atom stereocenters. The van der Waals surface area contributed by atoms with E-state index in [0.29, 0.717) is 6.54 Å². The number of benzene rings is 1. The molecule has 0 spiro atoms. The predicted octanol–water partition coefficient (Wildman–Crippen LogP) is 2.37. The van der Waals surface area contributed by atoms with Crippen molar-refractivity contribution in [2.45, 2.75) is 19.8 Å². The maximum atomic E-state index is 13.4. The van der Waals surface area contributed by atoms with E-state index in [0.717, 1.165) is 25.9 Å². The molecule has 5 heteroatoms. The van der Waals surface area contributed by atoms with Crippen molar-refractivity contribution in [1.82, 2.24) is 10.6 Å². The van der Waals surface area contributed by atoms with Crippen LogP contribution in [-0.2, 0) is 0 Å². The quantitative estimate of drug-likeness (QED) is 0.896. The fourth-order valence-electron chi connectivity index (χ4n) is 2.30. The zero-order valence-corrected chi connectivity index (χ0v) is 11.9. The molecule has 1 aliphatic heterocycles. The van der Waals surface area contributed by atoms with Gasteiger partial charge < -0.3 is 10.6 Å². The molecule has 0 aliphatic carbocycles. The monoisotopic (exact) mass is 286 g/mol. The number of halogens is 2. The number of hydrogen-bond donors (Lipinski definition) is 2. The molecule has 3 nitrogen and oxygen atoms in total. The summed E-state index contributed by atoms with van der Waals surface area (Å²) >= 11 is 0. The van der Waals surface area contributed by atoms with Gasteiger partial charge in [-0.15, -0.1) is 12.4 Å². The molecule has 1 aliphatic rings. The summed E-state index contributed by atoms with van der Waals surface area (Å²) in [5.41, 5.74) is 0.184.